The van der Waals surface area contributed by atoms with Crippen LogP contribution >= 0.6 is 11.6 Å². The third-order valence-electron chi connectivity index (χ3n) is 3.81. The van der Waals surface area contributed by atoms with Crippen molar-refractivity contribution in [2.24, 2.45) is 5.92 Å². The lowest BCUT2D eigenvalue weighted by Crippen LogP contribution is -2.34. The lowest BCUT2D eigenvalue weighted by molar-refractivity contribution is -0.149. The van der Waals surface area contributed by atoms with Crippen LogP contribution < -0.4 is 0 Å². The van der Waals surface area contributed by atoms with Crippen LogP contribution in [0.15, 0.2) is 54.6 Å². The molecule has 2 unspecified atom stereocenters. The second kappa shape index (κ2) is 7.88. The van der Waals surface area contributed by atoms with Gasteiger partial charge in [-0.05, 0) is 18.6 Å². The van der Waals surface area contributed by atoms with Crippen LogP contribution in [-0.2, 0) is 14.3 Å². The SMILES string of the molecule is COC(=O)C(C(C)=O)C(C(=O)c1ccccc1)c1ccccc1Cl. The van der Waals surface area contributed by atoms with Gasteiger partial charge in [-0.1, -0.05) is 60.1 Å². The smallest absolute Gasteiger partial charge is 0.317 e. The number of ketones is 2. The fraction of sp³-hybridized carbons (Fsp3) is 0.211. The van der Waals surface area contributed by atoms with Crippen molar-refractivity contribution in [3.8, 4) is 0 Å². The molecule has 0 aliphatic heterocycles. The van der Waals surface area contributed by atoms with Crippen LogP contribution in [0.2, 0.25) is 5.02 Å². The van der Waals surface area contributed by atoms with Crippen LogP contribution in [0.25, 0.3) is 0 Å². The van der Waals surface area contributed by atoms with Crippen molar-refractivity contribution < 1.29 is 19.1 Å². The summed E-state index contributed by atoms with van der Waals surface area (Å²) in [4.78, 5) is 37.3. The maximum absolute atomic E-state index is 13.0. The van der Waals surface area contributed by atoms with Crippen molar-refractivity contribution in [3.63, 3.8) is 0 Å². The number of methoxy groups -OCH3 is 1. The van der Waals surface area contributed by atoms with Gasteiger partial charge in [0.1, 0.15) is 11.7 Å². The molecule has 0 aliphatic rings. The van der Waals surface area contributed by atoms with E-state index in [-0.39, 0.29) is 5.78 Å². The van der Waals surface area contributed by atoms with Crippen molar-refractivity contribution in [1.82, 2.24) is 0 Å². The fourth-order valence-electron chi connectivity index (χ4n) is 2.65. The second-order valence-corrected chi connectivity index (χ2v) is 5.75. The fourth-order valence-corrected chi connectivity index (χ4v) is 2.90. The molecular weight excluding hydrogens is 328 g/mol. The highest BCUT2D eigenvalue weighted by atomic mass is 35.5. The summed E-state index contributed by atoms with van der Waals surface area (Å²) in [6, 6.07) is 15.2. The van der Waals surface area contributed by atoms with E-state index >= 15 is 0 Å². The molecule has 0 amide bonds. The number of hydrogen-bond donors (Lipinski definition) is 0. The highest BCUT2D eigenvalue weighted by Gasteiger charge is 2.40. The van der Waals surface area contributed by atoms with Crippen LogP contribution in [0.3, 0.4) is 0 Å². The molecule has 0 saturated heterocycles. The lowest BCUT2D eigenvalue weighted by Gasteiger charge is -2.23. The molecule has 0 saturated carbocycles. The molecule has 0 aliphatic carbocycles. The van der Waals surface area contributed by atoms with Gasteiger partial charge in [-0.2, -0.15) is 0 Å². The average molecular weight is 345 g/mol. The number of halogens is 1. The Hall–Kier alpha value is -2.46. The summed E-state index contributed by atoms with van der Waals surface area (Å²) in [7, 11) is 1.19. The Balaban J connectivity index is 2.61. The summed E-state index contributed by atoms with van der Waals surface area (Å²) in [5, 5.41) is 0.321. The highest BCUT2D eigenvalue weighted by molar-refractivity contribution is 6.32. The number of carbonyl (C=O) groups is 3. The van der Waals surface area contributed by atoms with E-state index in [1.54, 1.807) is 54.6 Å². The molecule has 0 aromatic heterocycles. The van der Waals surface area contributed by atoms with Gasteiger partial charge in [0.15, 0.2) is 5.78 Å². The van der Waals surface area contributed by atoms with E-state index in [2.05, 4.69) is 0 Å². The molecule has 2 aromatic rings. The number of Topliss-reactive ketones (excluding diaryl/α,β-unsaturated/α-hetero) is 2. The molecule has 0 spiro atoms. The normalized spacial score (nSPS) is 13.0. The first-order valence-corrected chi connectivity index (χ1v) is 7.77. The van der Waals surface area contributed by atoms with E-state index in [1.807, 2.05) is 0 Å². The topological polar surface area (TPSA) is 60.4 Å². The van der Waals surface area contributed by atoms with Gasteiger partial charge >= 0.3 is 5.97 Å². The first-order valence-electron chi connectivity index (χ1n) is 7.39. The number of esters is 1. The molecule has 0 heterocycles. The van der Waals surface area contributed by atoms with Gasteiger partial charge in [0.05, 0.1) is 13.0 Å². The van der Waals surface area contributed by atoms with Crippen LogP contribution in [0.4, 0.5) is 0 Å². The van der Waals surface area contributed by atoms with Crippen molar-refractivity contribution in [1.29, 1.82) is 0 Å². The Kier molecular flexibility index (Phi) is 5.88. The van der Waals surface area contributed by atoms with Gasteiger partial charge in [0, 0.05) is 10.6 Å². The molecular formula is C19H17ClO4. The summed E-state index contributed by atoms with van der Waals surface area (Å²) in [6.07, 6.45) is 0. The van der Waals surface area contributed by atoms with Crippen LogP contribution in [0, 0.1) is 5.92 Å². The Labute approximate surface area is 145 Å². The van der Waals surface area contributed by atoms with Gasteiger partial charge < -0.3 is 4.74 Å². The summed E-state index contributed by atoms with van der Waals surface area (Å²) < 4.78 is 4.75. The predicted molar refractivity (Wildman–Crippen MR) is 91.2 cm³/mol. The molecule has 24 heavy (non-hydrogen) atoms. The number of rotatable bonds is 6. The van der Waals surface area contributed by atoms with Gasteiger partial charge in [0.25, 0.3) is 0 Å². The quantitative estimate of drug-likeness (QED) is 0.455. The Bertz CT molecular complexity index is 755. The number of ether oxygens (including phenoxy) is 1. The third kappa shape index (κ3) is 3.71. The molecule has 2 aromatic carbocycles. The lowest BCUT2D eigenvalue weighted by atomic mass is 9.78. The van der Waals surface area contributed by atoms with E-state index in [0.29, 0.717) is 16.1 Å². The Morgan fingerprint density at radius 1 is 0.958 bits per heavy atom. The molecule has 124 valence electrons. The Morgan fingerprint density at radius 2 is 1.54 bits per heavy atom. The minimum atomic E-state index is -1.25. The Morgan fingerprint density at radius 3 is 2.08 bits per heavy atom. The summed E-state index contributed by atoms with van der Waals surface area (Å²) in [6.45, 7) is 1.27. The maximum Gasteiger partial charge on any atom is 0.317 e. The van der Waals surface area contributed by atoms with E-state index in [1.165, 1.54) is 14.0 Å². The molecule has 0 bridgehead atoms. The second-order valence-electron chi connectivity index (χ2n) is 5.34. The van der Waals surface area contributed by atoms with Gasteiger partial charge in [0.2, 0.25) is 0 Å². The van der Waals surface area contributed by atoms with Crippen molar-refractivity contribution in [2.75, 3.05) is 7.11 Å². The third-order valence-corrected chi connectivity index (χ3v) is 4.15. The molecule has 2 rings (SSSR count). The summed E-state index contributed by atoms with van der Waals surface area (Å²) >= 11 is 6.23. The van der Waals surface area contributed by atoms with Crippen molar-refractivity contribution >= 4 is 29.1 Å². The zero-order chi connectivity index (χ0) is 17.7. The van der Waals surface area contributed by atoms with Crippen LogP contribution in [0.5, 0.6) is 0 Å². The van der Waals surface area contributed by atoms with E-state index in [4.69, 9.17) is 16.3 Å². The van der Waals surface area contributed by atoms with E-state index in [0.717, 1.165) is 0 Å². The highest BCUT2D eigenvalue weighted by Crippen LogP contribution is 2.34. The largest absolute Gasteiger partial charge is 0.468 e. The zero-order valence-electron chi connectivity index (χ0n) is 13.4. The first-order chi connectivity index (χ1) is 11.5. The van der Waals surface area contributed by atoms with Crippen molar-refractivity contribution in [3.05, 3.63) is 70.7 Å². The van der Waals surface area contributed by atoms with Crippen LogP contribution in [0.1, 0.15) is 28.8 Å². The summed E-state index contributed by atoms with van der Waals surface area (Å²) in [5.41, 5.74) is 0.830. The van der Waals surface area contributed by atoms with Gasteiger partial charge in [-0.25, -0.2) is 0 Å². The molecule has 4 nitrogen and oxygen atoms in total. The summed E-state index contributed by atoms with van der Waals surface area (Å²) in [5.74, 6) is -3.84. The molecule has 0 radical (unpaired) electrons. The predicted octanol–water partition coefficient (Wildman–Crippen LogP) is 3.68. The van der Waals surface area contributed by atoms with E-state index < -0.39 is 23.6 Å². The van der Waals surface area contributed by atoms with Crippen molar-refractivity contribution in [2.45, 2.75) is 12.8 Å². The maximum atomic E-state index is 13.0. The first kappa shape index (κ1) is 17.9. The minimum Gasteiger partial charge on any atom is -0.468 e. The van der Waals surface area contributed by atoms with Gasteiger partial charge in [-0.3, -0.25) is 14.4 Å². The molecule has 5 heteroatoms. The number of benzene rings is 2. The average Bonchev–Trinajstić information content (AvgIpc) is 2.59. The minimum absolute atomic E-state index is 0.321. The molecule has 2 atom stereocenters. The molecule has 0 fully saturated rings. The monoisotopic (exact) mass is 344 g/mol. The zero-order valence-corrected chi connectivity index (χ0v) is 14.1. The van der Waals surface area contributed by atoms with E-state index in [9.17, 15) is 14.4 Å². The number of carbonyl (C=O) groups excluding carboxylic acids is 3. The number of hydrogen-bond acceptors (Lipinski definition) is 4. The standard InChI is InChI=1S/C19H17ClO4/c1-12(21)16(19(23)24-2)17(14-10-6-7-11-15(14)20)18(22)13-8-4-3-5-9-13/h3-11,16-17H,1-2H3. The van der Waals surface area contributed by atoms with Gasteiger partial charge in [-0.15, -0.1) is 0 Å². The van der Waals surface area contributed by atoms with Crippen LogP contribution in [-0.4, -0.2) is 24.6 Å². The molecule has 0 N–H and O–H groups in total.